The van der Waals surface area contributed by atoms with Crippen molar-refractivity contribution in [2.75, 3.05) is 6.54 Å². The summed E-state index contributed by atoms with van der Waals surface area (Å²) in [5.74, 6) is 0.145. The Morgan fingerprint density at radius 1 is 1.12 bits per heavy atom. The van der Waals surface area contributed by atoms with Crippen LogP contribution in [0.2, 0.25) is 0 Å². The van der Waals surface area contributed by atoms with Crippen molar-refractivity contribution in [2.45, 2.75) is 84.3 Å². The third kappa shape index (κ3) is 4.81. The molecule has 5 rings (SSSR count). The number of benzene rings is 1. The van der Waals surface area contributed by atoms with Crippen LogP contribution in [-0.4, -0.2) is 38.0 Å². The molecule has 1 unspecified atom stereocenters. The standard InChI is InChI=1S/C27H35N5O/c1-18-8-4-5-9-21(18)17-31-15-7-6-10-25(31)24-16-26-28-19(2)23(20(3)32(26)30-24)13-14-27(33)29-22-11-12-22/h4-5,8-9,16,22,25H,6-7,10-15,17H2,1-3H3,(H,29,33). The van der Waals surface area contributed by atoms with Crippen LogP contribution in [0.1, 0.15) is 78.3 Å². The molecule has 1 aromatic carbocycles. The highest BCUT2D eigenvalue weighted by atomic mass is 16.1. The number of fused-ring (bicyclic) bond motifs is 1. The minimum Gasteiger partial charge on any atom is -0.353 e. The van der Waals surface area contributed by atoms with Crippen LogP contribution in [0.3, 0.4) is 0 Å². The molecule has 3 aromatic rings. The van der Waals surface area contributed by atoms with Gasteiger partial charge < -0.3 is 5.32 Å². The first-order valence-corrected chi connectivity index (χ1v) is 12.4. The Morgan fingerprint density at radius 2 is 1.94 bits per heavy atom. The molecule has 0 bridgehead atoms. The van der Waals surface area contributed by atoms with Gasteiger partial charge in [-0.3, -0.25) is 9.69 Å². The lowest BCUT2D eigenvalue weighted by Crippen LogP contribution is -2.33. The van der Waals surface area contributed by atoms with Crippen molar-refractivity contribution in [3.63, 3.8) is 0 Å². The molecule has 1 saturated heterocycles. The molecule has 0 radical (unpaired) electrons. The lowest BCUT2D eigenvalue weighted by molar-refractivity contribution is -0.121. The summed E-state index contributed by atoms with van der Waals surface area (Å²) in [5, 5.41) is 8.14. The maximum absolute atomic E-state index is 12.2. The number of aryl methyl sites for hydroxylation is 3. The molecule has 2 aromatic heterocycles. The molecule has 1 aliphatic heterocycles. The number of rotatable bonds is 7. The minimum absolute atomic E-state index is 0.145. The van der Waals surface area contributed by atoms with Crippen molar-refractivity contribution in [1.29, 1.82) is 0 Å². The highest BCUT2D eigenvalue weighted by Gasteiger charge is 2.28. The summed E-state index contributed by atoms with van der Waals surface area (Å²) in [6.07, 6.45) is 7.05. The molecule has 1 atom stereocenters. The van der Waals surface area contributed by atoms with Crippen molar-refractivity contribution in [3.05, 3.63) is 64.1 Å². The maximum atomic E-state index is 12.2. The summed E-state index contributed by atoms with van der Waals surface area (Å²) in [6.45, 7) is 8.41. The highest BCUT2D eigenvalue weighted by molar-refractivity contribution is 5.76. The fraction of sp³-hybridized carbons (Fsp3) is 0.519. The number of nitrogens with zero attached hydrogens (tertiary/aromatic N) is 4. The van der Waals surface area contributed by atoms with E-state index >= 15 is 0 Å². The van der Waals surface area contributed by atoms with Gasteiger partial charge in [0.25, 0.3) is 0 Å². The molecule has 1 N–H and O–H groups in total. The molecule has 6 heteroatoms. The zero-order valence-electron chi connectivity index (χ0n) is 20.1. The van der Waals surface area contributed by atoms with Crippen LogP contribution in [0.5, 0.6) is 0 Å². The molecule has 1 aliphatic carbocycles. The topological polar surface area (TPSA) is 62.5 Å². The van der Waals surface area contributed by atoms with E-state index in [9.17, 15) is 4.79 Å². The summed E-state index contributed by atoms with van der Waals surface area (Å²) in [6, 6.07) is 11.6. The van der Waals surface area contributed by atoms with Gasteiger partial charge in [-0.2, -0.15) is 5.10 Å². The maximum Gasteiger partial charge on any atom is 0.220 e. The lowest BCUT2D eigenvalue weighted by atomic mass is 9.98. The Morgan fingerprint density at radius 3 is 2.73 bits per heavy atom. The summed E-state index contributed by atoms with van der Waals surface area (Å²) in [4.78, 5) is 19.7. The van der Waals surface area contributed by atoms with Crippen LogP contribution >= 0.6 is 0 Å². The second kappa shape index (κ2) is 9.26. The minimum atomic E-state index is 0.145. The van der Waals surface area contributed by atoms with Gasteiger partial charge in [0, 0.05) is 36.5 Å². The first-order valence-electron chi connectivity index (χ1n) is 12.4. The van der Waals surface area contributed by atoms with Crippen LogP contribution in [-0.2, 0) is 17.8 Å². The number of amides is 1. The van der Waals surface area contributed by atoms with Crippen molar-refractivity contribution in [3.8, 4) is 0 Å². The number of nitrogens with one attached hydrogen (secondary N) is 1. The zero-order valence-corrected chi connectivity index (χ0v) is 20.1. The number of piperidine rings is 1. The fourth-order valence-electron chi connectivity index (χ4n) is 5.16. The van der Waals surface area contributed by atoms with E-state index < -0.39 is 0 Å². The second-order valence-corrected chi connectivity index (χ2v) is 9.85. The molecule has 174 valence electrons. The van der Waals surface area contributed by atoms with E-state index in [-0.39, 0.29) is 5.91 Å². The quantitative estimate of drug-likeness (QED) is 0.578. The van der Waals surface area contributed by atoms with E-state index in [1.807, 2.05) is 4.52 Å². The number of hydrogen-bond acceptors (Lipinski definition) is 4. The molecule has 2 fully saturated rings. The second-order valence-electron chi connectivity index (χ2n) is 9.85. The van der Waals surface area contributed by atoms with Crippen LogP contribution in [0, 0.1) is 20.8 Å². The SMILES string of the molecule is Cc1ccccc1CN1CCCCC1c1cc2nc(C)c(CCC(=O)NC3CC3)c(C)n2n1. The van der Waals surface area contributed by atoms with Gasteiger partial charge >= 0.3 is 0 Å². The van der Waals surface area contributed by atoms with E-state index in [1.54, 1.807) is 0 Å². The third-order valence-electron chi connectivity index (χ3n) is 7.32. The first kappa shape index (κ1) is 22.1. The van der Waals surface area contributed by atoms with Crippen LogP contribution in [0.4, 0.5) is 0 Å². The molecular formula is C27H35N5O. The molecule has 1 saturated carbocycles. The predicted octanol–water partition coefficient (Wildman–Crippen LogP) is 4.59. The third-order valence-corrected chi connectivity index (χ3v) is 7.32. The number of aromatic nitrogens is 3. The van der Waals surface area contributed by atoms with E-state index in [4.69, 9.17) is 10.1 Å². The van der Waals surface area contributed by atoms with Gasteiger partial charge in [-0.15, -0.1) is 0 Å². The number of carbonyl (C=O) groups is 1. The Kier molecular flexibility index (Phi) is 6.19. The first-order chi connectivity index (χ1) is 16.0. The summed E-state index contributed by atoms with van der Waals surface area (Å²) < 4.78 is 2.00. The van der Waals surface area contributed by atoms with E-state index in [1.165, 1.54) is 24.0 Å². The van der Waals surface area contributed by atoms with Crippen LogP contribution in [0.25, 0.3) is 5.65 Å². The summed E-state index contributed by atoms with van der Waals surface area (Å²) in [5.41, 5.74) is 8.01. The van der Waals surface area contributed by atoms with E-state index in [2.05, 4.69) is 61.3 Å². The number of hydrogen-bond donors (Lipinski definition) is 1. The van der Waals surface area contributed by atoms with E-state index in [0.29, 0.717) is 24.9 Å². The molecule has 2 aliphatic rings. The Hall–Kier alpha value is -2.73. The van der Waals surface area contributed by atoms with Gasteiger partial charge in [0.05, 0.1) is 11.7 Å². The largest absolute Gasteiger partial charge is 0.353 e. The van der Waals surface area contributed by atoms with Crippen molar-refractivity contribution >= 4 is 11.6 Å². The predicted molar refractivity (Wildman–Crippen MR) is 130 cm³/mol. The van der Waals surface area contributed by atoms with Gasteiger partial charge in [-0.1, -0.05) is 30.7 Å². The summed E-state index contributed by atoms with van der Waals surface area (Å²) >= 11 is 0. The van der Waals surface area contributed by atoms with Gasteiger partial charge in [0.1, 0.15) is 0 Å². The van der Waals surface area contributed by atoms with Crippen molar-refractivity contribution in [1.82, 2.24) is 24.8 Å². The van der Waals surface area contributed by atoms with Gasteiger partial charge in [-0.05, 0) is 76.1 Å². The lowest BCUT2D eigenvalue weighted by Gasteiger charge is -2.35. The molecule has 1 amide bonds. The molecule has 6 nitrogen and oxygen atoms in total. The smallest absolute Gasteiger partial charge is 0.220 e. The van der Waals surface area contributed by atoms with Gasteiger partial charge in [-0.25, -0.2) is 9.50 Å². The van der Waals surface area contributed by atoms with E-state index in [0.717, 1.165) is 60.6 Å². The van der Waals surface area contributed by atoms with Gasteiger partial charge in [0.2, 0.25) is 5.91 Å². The summed E-state index contributed by atoms with van der Waals surface area (Å²) in [7, 11) is 0. The Bertz CT molecular complexity index is 1160. The Labute approximate surface area is 196 Å². The molecule has 33 heavy (non-hydrogen) atoms. The normalized spacial score (nSPS) is 19.2. The fourth-order valence-corrected chi connectivity index (χ4v) is 5.16. The average Bonchev–Trinajstić information content (AvgIpc) is 3.51. The zero-order chi connectivity index (χ0) is 22.9. The molecule has 3 heterocycles. The number of likely N-dealkylation sites (tertiary alicyclic amines) is 1. The monoisotopic (exact) mass is 445 g/mol. The molecular weight excluding hydrogens is 410 g/mol. The van der Waals surface area contributed by atoms with Crippen molar-refractivity contribution in [2.24, 2.45) is 0 Å². The van der Waals surface area contributed by atoms with Gasteiger partial charge in [0.15, 0.2) is 5.65 Å². The molecule has 0 spiro atoms. The van der Waals surface area contributed by atoms with Crippen molar-refractivity contribution < 1.29 is 4.79 Å². The highest BCUT2D eigenvalue weighted by Crippen LogP contribution is 2.33. The number of carbonyl (C=O) groups excluding carboxylic acids is 1. The van der Waals surface area contributed by atoms with Crippen LogP contribution in [0.15, 0.2) is 30.3 Å². The average molecular weight is 446 g/mol. The van der Waals surface area contributed by atoms with Crippen LogP contribution < -0.4 is 5.32 Å². The Balaban J connectivity index is 1.38.